The average molecular weight is 287 g/mol. The van der Waals surface area contributed by atoms with Gasteiger partial charge < -0.3 is 9.84 Å². The molecule has 0 saturated heterocycles. The maximum absolute atomic E-state index is 10.3. The van der Waals surface area contributed by atoms with Gasteiger partial charge in [0.15, 0.2) is 0 Å². The number of carbonyl (C=O) groups is 1. The zero-order valence-electron chi connectivity index (χ0n) is 12.2. The number of aliphatic carboxylic acids is 1. The van der Waals surface area contributed by atoms with Crippen molar-refractivity contribution < 1.29 is 14.6 Å². The number of ether oxygens (including phenoxy) is 1. The fourth-order valence-electron chi connectivity index (χ4n) is 2.07. The van der Waals surface area contributed by atoms with Crippen molar-refractivity contribution in [1.29, 1.82) is 0 Å². The van der Waals surface area contributed by atoms with Gasteiger partial charge in [-0.2, -0.15) is 0 Å². The Morgan fingerprint density at radius 3 is 2.81 bits per heavy atom. The normalized spacial score (nSPS) is 12.4. The van der Waals surface area contributed by atoms with E-state index >= 15 is 0 Å². The van der Waals surface area contributed by atoms with E-state index in [1.807, 2.05) is 25.2 Å². The molecule has 1 N–H and O–H groups in total. The molecule has 1 aromatic carbocycles. The van der Waals surface area contributed by atoms with E-state index in [0.29, 0.717) is 19.8 Å². The number of nitrogens with zero attached hydrogens (tertiary/aromatic N) is 1. The topological polar surface area (TPSA) is 49.8 Å². The molecule has 0 aliphatic carbocycles. The van der Waals surface area contributed by atoms with E-state index in [4.69, 9.17) is 16.3 Å². The van der Waals surface area contributed by atoms with Gasteiger partial charge in [0.2, 0.25) is 0 Å². The lowest BCUT2D eigenvalue weighted by Gasteiger charge is -2.26. The third-order valence-corrected chi connectivity index (χ3v) is 3.07. The highest BCUT2D eigenvalue weighted by Crippen LogP contribution is 2.22. The predicted molar refractivity (Wildman–Crippen MR) is 82.9 cm³/mol. The van der Waals surface area contributed by atoms with Gasteiger partial charge in [-0.3, -0.25) is 4.90 Å². The second kappa shape index (κ2) is 9.76. The van der Waals surface area contributed by atoms with Crippen molar-refractivity contribution in [2.24, 2.45) is 0 Å². The number of terminal acetylenes is 1. The molecule has 0 heterocycles. The zero-order chi connectivity index (χ0) is 15.5. The van der Waals surface area contributed by atoms with E-state index in [9.17, 15) is 4.79 Å². The van der Waals surface area contributed by atoms with E-state index in [2.05, 4.69) is 23.0 Å². The second-order valence-electron chi connectivity index (χ2n) is 4.65. The van der Waals surface area contributed by atoms with Gasteiger partial charge >= 0.3 is 5.97 Å². The van der Waals surface area contributed by atoms with Crippen LogP contribution in [0.1, 0.15) is 18.0 Å². The van der Waals surface area contributed by atoms with Crippen LogP contribution in [0.3, 0.4) is 0 Å². The Balaban J connectivity index is 2.51. The second-order valence-corrected chi connectivity index (χ2v) is 4.65. The first-order valence-corrected chi connectivity index (χ1v) is 6.81. The van der Waals surface area contributed by atoms with Crippen LogP contribution in [0.15, 0.2) is 42.5 Å². The number of rotatable bonds is 9. The van der Waals surface area contributed by atoms with E-state index in [0.717, 1.165) is 12.5 Å². The minimum Gasteiger partial charge on any atom is -0.478 e. The van der Waals surface area contributed by atoms with Crippen molar-refractivity contribution >= 4 is 5.97 Å². The minimum atomic E-state index is -0.963. The third kappa shape index (κ3) is 6.75. The lowest BCUT2D eigenvalue weighted by atomic mass is 10.0. The fourth-order valence-corrected chi connectivity index (χ4v) is 2.07. The summed E-state index contributed by atoms with van der Waals surface area (Å²) in [7, 11) is 1.99. The average Bonchev–Trinajstić information content (AvgIpc) is 2.47. The lowest BCUT2D eigenvalue weighted by molar-refractivity contribution is -0.131. The molecule has 4 heteroatoms. The maximum Gasteiger partial charge on any atom is 0.328 e. The summed E-state index contributed by atoms with van der Waals surface area (Å²) in [6.45, 7) is 1.41. The first kappa shape index (κ1) is 17.0. The highest BCUT2D eigenvalue weighted by molar-refractivity contribution is 5.79. The molecule has 1 aromatic rings. The van der Waals surface area contributed by atoms with Gasteiger partial charge in [-0.05, 0) is 19.0 Å². The summed E-state index contributed by atoms with van der Waals surface area (Å²) < 4.78 is 5.44. The summed E-state index contributed by atoms with van der Waals surface area (Å²) >= 11 is 0. The molecule has 21 heavy (non-hydrogen) atoms. The summed E-state index contributed by atoms with van der Waals surface area (Å²) in [5.74, 6) is 1.69. The van der Waals surface area contributed by atoms with Crippen LogP contribution in [0.25, 0.3) is 0 Å². The van der Waals surface area contributed by atoms with Crippen LogP contribution in [-0.4, -0.2) is 42.8 Å². The van der Waals surface area contributed by atoms with Crippen LogP contribution < -0.4 is 0 Å². The van der Waals surface area contributed by atoms with Gasteiger partial charge in [0.1, 0.15) is 0 Å². The SMILES string of the molecule is C#CCN(C)C(CCOCC=CC(=O)O)c1ccccc1. The summed E-state index contributed by atoms with van der Waals surface area (Å²) in [4.78, 5) is 12.4. The number of hydrogen-bond donors (Lipinski definition) is 1. The molecule has 1 atom stereocenters. The van der Waals surface area contributed by atoms with Gasteiger partial charge in [0.05, 0.1) is 13.2 Å². The van der Waals surface area contributed by atoms with Crippen LogP contribution in [0.4, 0.5) is 0 Å². The van der Waals surface area contributed by atoms with E-state index in [-0.39, 0.29) is 6.04 Å². The first-order chi connectivity index (χ1) is 10.1. The van der Waals surface area contributed by atoms with Crippen molar-refractivity contribution in [3.05, 3.63) is 48.0 Å². The molecule has 0 radical (unpaired) electrons. The van der Waals surface area contributed by atoms with Gasteiger partial charge in [0.25, 0.3) is 0 Å². The number of carboxylic acids is 1. The molecular formula is C17H21NO3. The van der Waals surface area contributed by atoms with E-state index < -0.39 is 5.97 Å². The Hall–Kier alpha value is -2.09. The molecule has 0 aliphatic rings. The smallest absolute Gasteiger partial charge is 0.328 e. The Labute approximate surface area is 126 Å². The number of hydrogen-bond acceptors (Lipinski definition) is 3. The minimum absolute atomic E-state index is 0.186. The number of benzene rings is 1. The lowest BCUT2D eigenvalue weighted by Crippen LogP contribution is -2.26. The maximum atomic E-state index is 10.3. The van der Waals surface area contributed by atoms with Crippen LogP contribution in [-0.2, 0) is 9.53 Å². The van der Waals surface area contributed by atoms with E-state index in [1.165, 1.54) is 11.6 Å². The summed E-state index contributed by atoms with van der Waals surface area (Å²) in [5.41, 5.74) is 1.19. The molecule has 1 unspecified atom stereocenters. The van der Waals surface area contributed by atoms with Crippen molar-refractivity contribution in [1.82, 2.24) is 4.90 Å². The van der Waals surface area contributed by atoms with Crippen molar-refractivity contribution in [2.75, 3.05) is 26.8 Å². The third-order valence-electron chi connectivity index (χ3n) is 3.07. The van der Waals surface area contributed by atoms with Gasteiger partial charge in [0, 0.05) is 18.7 Å². The van der Waals surface area contributed by atoms with Crippen molar-refractivity contribution in [3.63, 3.8) is 0 Å². The largest absolute Gasteiger partial charge is 0.478 e. The molecule has 0 aromatic heterocycles. The zero-order valence-corrected chi connectivity index (χ0v) is 12.2. The van der Waals surface area contributed by atoms with Crippen LogP contribution >= 0.6 is 0 Å². The van der Waals surface area contributed by atoms with Gasteiger partial charge in [-0.25, -0.2) is 4.79 Å². The standard InChI is InChI=1S/C17H21NO3/c1-3-12-18(2)16(15-8-5-4-6-9-15)11-14-21-13-7-10-17(19)20/h1,4-10,16H,11-14H2,2H3,(H,19,20). The molecule has 0 aliphatic heterocycles. The monoisotopic (exact) mass is 287 g/mol. The van der Waals surface area contributed by atoms with Gasteiger partial charge in [-0.1, -0.05) is 42.3 Å². The van der Waals surface area contributed by atoms with Crippen LogP contribution in [0.5, 0.6) is 0 Å². The van der Waals surface area contributed by atoms with Gasteiger partial charge in [-0.15, -0.1) is 6.42 Å². The Morgan fingerprint density at radius 1 is 1.48 bits per heavy atom. The molecule has 1 rings (SSSR count). The van der Waals surface area contributed by atoms with Crippen molar-refractivity contribution in [2.45, 2.75) is 12.5 Å². The molecule has 0 saturated carbocycles. The molecular weight excluding hydrogens is 266 g/mol. The van der Waals surface area contributed by atoms with Crippen LogP contribution in [0.2, 0.25) is 0 Å². The summed E-state index contributed by atoms with van der Waals surface area (Å²) in [6, 6.07) is 10.3. The molecule has 112 valence electrons. The highest BCUT2D eigenvalue weighted by atomic mass is 16.5. The first-order valence-electron chi connectivity index (χ1n) is 6.81. The molecule has 0 bridgehead atoms. The molecule has 0 amide bonds. The quantitative estimate of drug-likeness (QED) is 0.430. The predicted octanol–water partition coefficient (Wildman–Crippen LogP) is 2.34. The fraction of sp³-hybridized carbons (Fsp3) is 0.353. The molecule has 0 spiro atoms. The van der Waals surface area contributed by atoms with Crippen LogP contribution in [0, 0.1) is 12.3 Å². The molecule has 4 nitrogen and oxygen atoms in total. The Kier molecular flexibility index (Phi) is 7.88. The number of carboxylic acid groups (broad SMARTS) is 1. The highest BCUT2D eigenvalue weighted by Gasteiger charge is 2.15. The van der Waals surface area contributed by atoms with Crippen molar-refractivity contribution in [3.8, 4) is 12.3 Å². The summed E-state index contributed by atoms with van der Waals surface area (Å²) in [5, 5.41) is 8.47. The Morgan fingerprint density at radius 2 is 2.19 bits per heavy atom. The summed E-state index contributed by atoms with van der Waals surface area (Å²) in [6.07, 6.45) is 8.75. The molecule has 0 fully saturated rings. The van der Waals surface area contributed by atoms with E-state index in [1.54, 1.807) is 0 Å². The Bertz CT molecular complexity index is 491.